The van der Waals surface area contributed by atoms with Crippen LogP contribution in [0, 0.1) is 0 Å². The summed E-state index contributed by atoms with van der Waals surface area (Å²) in [5.74, 6) is 1.68. The minimum atomic E-state index is -0.0509. The second-order valence-electron chi connectivity index (χ2n) is 10.7. The highest BCUT2D eigenvalue weighted by atomic mass is 15.3. The van der Waals surface area contributed by atoms with E-state index in [1.54, 1.807) is 0 Å². The Kier molecular flexibility index (Phi) is 6.25. The van der Waals surface area contributed by atoms with Crippen LogP contribution in [0.5, 0.6) is 0 Å². The molecule has 1 N–H and O–H groups in total. The predicted molar refractivity (Wildman–Crippen MR) is 142 cm³/mol. The highest BCUT2D eigenvalue weighted by Crippen LogP contribution is 2.45. The number of piperazine rings is 1. The Bertz CT molecular complexity index is 1190. The fourth-order valence-electron chi connectivity index (χ4n) is 5.47. The van der Waals surface area contributed by atoms with Crippen molar-refractivity contribution in [2.45, 2.75) is 65.8 Å². The lowest BCUT2D eigenvalue weighted by Crippen LogP contribution is -2.46. The van der Waals surface area contributed by atoms with E-state index < -0.39 is 0 Å². The molecule has 4 heterocycles. The van der Waals surface area contributed by atoms with Crippen molar-refractivity contribution in [2.24, 2.45) is 0 Å². The highest BCUT2D eigenvalue weighted by Gasteiger charge is 2.38. The average molecular weight is 475 g/mol. The first-order chi connectivity index (χ1) is 16.8. The molecule has 5 rings (SSSR count). The average Bonchev–Trinajstić information content (AvgIpc) is 3.27. The molecule has 8 nitrogen and oxygen atoms in total. The molecule has 35 heavy (non-hydrogen) atoms. The van der Waals surface area contributed by atoms with Crippen LogP contribution in [0.1, 0.15) is 64.4 Å². The number of aryl methyl sites for hydroxylation is 1. The summed E-state index contributed by atoms with van der Waals surface area (Å²) in [6.45, 7) is 19.6. The molecule has 0 spiro atoms. The van der Waals surface area contributed by atoms with E-state index in [2.05, 4.69) is 77.4 Å². The first-order valence-corrected chi connectivity index (χ1v) is 13.0. The van der Waals surface area contributed by atoms with E-state index in [-0.39, 0.29) is 5.41 Å². The molecule has 2 aliphatic rings. The van der Waals surface area contributed by atoms with Gasteiger partial charge in [-0.1, -0.05) is 34.6 Å². The molecule has 3 aromatic rings. The Morgan fingerprint density at radius 2 is 1.77 bits per heavy atom. The Hall–Kier alpha value is -3.00. The molecule has 1 saturated heterocycles. The second kappa shape index (κ2) is 9.22. The van der Waals surface area contributed by atoms with Crippen LogP contribution >= 0.6 is 0 Å². The lowest BCUT2D eigenvalue weighted by atomic mass is 9.74. The second-order valence-corrected chi connectivity index (χ2v) is 10.7. The number of hydrogen-bond acceptors (Lipinski definition) is 7. The topological polar surface area (TPSA) is 75.0 Å². The SMILES string of the molecule is CCN1CCN(c2ccc(Nc3ncc4c(n3)-c3c(nn(CC)c3C(C)C)C(C)(C)C4)nc2)CC1. The quantitative estimate of drug-likeness (QED) is 0.560. The van der Waals surface area contributed by atoms with Gasteiger partial charge >= 0.3 is 0 Å². The van der Waals surface area contributed by atoms with Crippen LogP contribution in [0.2, 0.25) is 0 Å². The Labute approximate surface area is 208 Å². The molecule has 0 saturated carbocycles. The van der Waals surface area contributed by atoms with E-state index in [4.69, 9.17) is 10.1 Å². The van der Waals surface area contributed by atoms with Gasteiger partial charge in [0.1, 0.15) is 5.82 Å². The van der Waals surface area contributed by atoms with Crippen LogP contribution in [-0.2, 0) is 18.4 Å². The lowest BCUT2D eigenvalue weighted by Gasteiger charge is -2.35. The molecule has 0 aromatic carbocycles. The summed E-state index contributed by atoms with van der Waals surface area (Å²) in [7, 11) is 0. The van der Waals surface area contributed by atoms with Crippen molar-refractivity contribution in [3.63, 3.8) is 0 Å². The molecule has 8 heteroatoms. The first-order valence-electron chi connectivity index (χ1n) is 13.0. The minimum absolute atomic E-state index is 0.0509. The van der Waals surface area contributed by atoms with Gasteiger partial charge in [-0.3, -0.25) is 4.68 Å². The third kappa shape index (κ3) is 4.40. The normalized spacial score (nSPS) is 17.4. The number of nitrogens with one attached hydrogen (secondary N) is 1. The first kappa shape index (κ1) is 23.7. The van der Waals surface area contributed by atoms with Crippen LogP contribution in [0.25, 0.3) is 11.3 Å². The third-order valence-electron chi connectivity index (χ3n) is 7.39. The molecule has 0 amide bonds. The summed E-state index contributed by atoms with van der Waals surface area (Å²) in [6.07, 6.45) is 4.81. The molecule has 1 aliphatic heterocycles. The maximum Gasteiger partial charge on any atom is 0.228 e. The molecular weight excluding hydrogens is 436 g/mol. The highest BCUT2D eigenvalue weighted by molar-refractivity contribution is 5.74. The third-order valence-corrected chi connectivity index (χ3v) is 7.39. The van der Waals surface area contributed by atoms with Gasteiger partial charge in [0, 0.05) is 49.9 Å². The molecule has 0 radical (unpaired) electrons. The van der Waals surface area contributed by atoms with Gasteiger partial charge in [-0.25, -0.2) is 15.0 Å². The van der Waals surface area contributed by atoms with Crippen molar-refractivity contribution in [3.05, 3.63) is 41.5 Å². The van der Waals surface area contributed by atoms with Gasteiger partial charge in [-0.05, 0) is 43.5 Å². The van der Waals surface area contributed by atoms with Crippen molar-refractivity contribution >= 4 is 17.5 Å². The van der Waals surface area contributed by atoms with Crippen LogP contribution in [-0.4, -0.2) is 62.4 Å². The zero-order chi connectivity index (χ0) is 24.7. The molecule has 0 atom stereocenters. The summed E-state index contributed by atoms with van der Waals surface area (Å²) < 4.78 is 2.15. The number of aromatic nitrogens is 5. The molecule has 0 unspecified atom stereocenters. The molecule has 3 aromatic heterocycles. The number of rotatable bonds is 6. The van der Waals surface area contributed by atoms with Crippen LogP contribution < -0.4 is 10.2 Å². The number of hydrogen-bond donors (Lipinski definition) is 1. The summed E-state index contributed by atoms with van der Waals surface area (Å²) in [5.41, 5.74) is 6.89. The van der Waals surface area contributed by atoms with Gasteiger partial charge in [-0.15, -0.1) is 0 Å². The standard InChI is InChI=1S/C27H38N8/c1-7-33-11-13-34(14-12-33)20-9-10-21(28-17-20)30-26-29-16-19-15-27(5,6)25-22(23(19)31-26)24(18(3)4)35(8-2)32-25/h9-10,16-18H,7-8,11-15H2,1-6H3,(H,28,29,30,31). The smallest absolute Gasteiger partial charge is 0.228 e. The van der Waals surface area contributed by atoms with Crippen molar-refractivity contribution in [2.75, 3.05) is 42.9 Å². The van der Waals surface area contributed by atoms with Gasteiger partial charge in [0.2, 0.25) is 5.95 Å². The van der Waals surface area contributed by atoms with E-state index >= 15 is 0 Å². The fraction of sp³-hybridized carbons (Fsp3) is 0.556. The van der Waals surface area contributed by atoms with E-state index in [1.807, 2.05) is 18.5 Å². The summed E-state index contributed by atoms with van der Waals surface area (Å²) >= 11 is 0. The number of anilines is 3. The Morgan fingerprint density at radius 1 is 1.00 bits per heavy atom. The molecule has 1 aliphatic carbocycles. The van der Waals surface area contributed by atoms with Gasteiger partial charge in [-0.2, -0.15) is 5.10 Å². The van der Waals surface area contributed by atoms with Crippen molar-refractivity contribution in [1.29, 1.82) is 0 Å². The van der Waals surface area contributed by atoms with Gasteiger partial charge in [0.15, 0.2) is 0 Å². The minimum Gasteiger partial charge on any atom is -0.368 e. The van der Waals surface area contributed by atoms with Crippen LogP contribution in [0.15, 0.2) is 24.5 Å². The number of fused-ring (bicyclic) bond motifs is 3. The summed E-state index contributed by atoms with van der Waals surface area (Å²) in [5, 5.41) is 8.37. The summed E-state index contributed by atoms with van der Waals surface area (Å²) in [4.78, 5) is 19.2. The predicted octanol–water partition coefficient (Wildman–Crippen LogP) is 4.60. The van der Waals surface area contributed by atoms with Crippen molar-refractivity contribution < 1.29 is 0 Å². The summed E-state index contributed by atoms with van der Waals surface area (Å²) in [6, 6.07) is 4.16. The van der Waals surface area contributed by atoms with Gasteiger partial charge in [0.25, 0.3) is 0 Å². The Balaban J connectivity index is 1.41. The van der Waals surface area contributed by atoms with Gasteiger partial charge < -0.3 is 15.1 Å². The van der Waals surface area contributed by atoms with E-state index in [1.165, 1.54) is 16.8 Å². The molecule has 1 fully saturated rings. The lowest BCUT2D eigenvalue weighted by molar-refractivity contribution is 0.271. The van der Waals surface area contributed by atoms with Crippen molar-refractivity contribution in [1.82, 2.24) is 29.6 Å². The maximum absolute atomic E-state index is 5.04. The maximum atomic E-state index is 5.04. The number of nitrogens with zero attached hydrogens (tertiary/aromatic N) is 7. The monoisotopic (exact) mass is 474 g/mol. The molecule has 186 valence electrons. The van der Waals surface area contributed by atoms with E-state index in [9.17, 15) is 0 Å². The molecular formula is C27H38N8. The fourth-order valence-corrected chi connectivity index (χ4v) is 5.47. The Morgan fingerprint density at radius 3 is 2.40 bits per heavy atom. The van der Waals surface area contributed by atoms with Gasteiger partial charge in [0.05, 0.1) is 29.0 Å². The van der Waals surface area contributed by atoms with Crippen LogP contribution in [0.3, 0.4) is 0 Å². The van der Waals surface area contributed by atoms with E-state index in [0.717, 1.165) is 68.6 Å². The number of pyridine rings is 1. The van der Waals surface area contributed by atoms with Crippen LogP contribution in [0.4, 0.5) is 17.5 Å². The number of likely N-dealkylation sites (N-methyl/N-ethyl adjacent to an activating group) is 1. The zero-order valence-corrected chi connectivity index (χ0v) is 22.0. The van der Waals surface area contributed by atoms with Crippen molar-refractivity contribution in [3.8, 4) is 11.3 Å². The molecule has 0 bridgehead atoms. The van der Waals surface area contributed by atoms with E-state index in [0.29, 0.717) is 11.9 Å². The zero-order valence-electron chi connectivity index (χ0n) is 22.0. The largest absolute Gasteiger partial charge is 0.368 e.